The normalized spacial score (nSPS) is 29.4. The molecule has 3 fully saturated rings. The molecule has 1 aromatic rings. The zero-order valence-corrected chi connectivity index (χ0v) is 17.9. The first-order chi connectivity index (χ1) is 14.4. The average Bonchev–Trinajstić information content (AvgIpc) is 3.04. The molecule has 1 aliphatic carbocycles. The van der Waals surface area contributed by atoms with Crippen LogP contribution in [0.4, 0.5) is 11.5 Å². The number of pyridine rings is 1. The molecule has 3 heterocycles. The molecule has 0 bridgehead atoms. The van der Waals surface area contributed by atoms with Crippen molar-refractivity contribution in [2.45, 2.75) is 64.0 Å². The third kappa shape index (κ3) is 3.97. The van der Waals surface area contributed by atoms with Crippen molar-refractivity contribution in [3.8, 4) is 5.88 Å². The van der Waals surface area contributed by atoms with E-state index in [1.165, 1.54) is 6.92 Å². The van der Waals surface area contributed by atoms with Crippen molar-refractivity contribution in [2.24, 2.45) is 5.41 Å². The number of hydrogen-bond acceptors (Lipinski definition) is 6. The van der Waals surface area contributed by atoms with Crippen LogP contribution in [0.3, 0.4) is 0 Å². The Hall–Kier alpha value is -2.35. The lowest BCUT2D eigenvalue weighted by molar-refractivity contribution is -0.139. The molecule has 2 saturated heterocycles. The Bertz CT molecular complexity index is 808. The molecular formula is C22H32N4O4. The second-order valence-corrected chi connectivity index (χ2v) is 8.92. The lowest BCUT2D eigenvalue weighted by Gasteiger charge is -2.41. The van der Waals surface area contributed by atoms with Gasteiger partial charge in [0.2, 0.25) is 17.7 Å². The molecule has 0 unspecified atom stereocenters. The number of ether oxygens (including phenoxy) is 1. The van der Waals surface area contributed by atoms with Crippen molar-refractivity contribution >= 4 is 23.3 Å². The van der Waals surface area contributed by atoms with Crippen molar-refractivity contribution < 1.29 is 19.4 Å². The summed E-state index contributed by atoms with van der Waals surface area (Å²) in [5, 5.41) is 12.7. The Morgan fingerprint density at radius 1 is 1.23 bits per heavy atom. The van der Waals surface area contributed by atoms with Gasteiger partial charge in [-0.2, -0.15) is 4.98 Å². The quantitative estimate of drug-likeness (QED) is 0.781. The summed E-state index contributed by atoms with van der Waals surface area (Å²) in [6, 6.07) is 3.79. The lowest BCUT2D eigenvalue weighted by atomic mass is 9.78. The van der Waals surface area contributed by atoms with Crippen molar-refractivity contribution in [1.82, 2.24) is 9.88 Å². The summed E-state index contributed by atoms with van der Waals surface area (Å²) >= 11 is 0. The Morgan fingerprint density at radius 2 is 2.00 bits per heavy atom. The topological polar surface area (TPSA) is 95.0 Å². The maximum Gasteiger partial charge on any atom is 0.230 e. The number of carbonyl (C=O) groups excluding carboxylic acids is 2. The molecule has 2 amide bonds. The highest BCUT2D eigenvalue weighted by molar-refractivity contribution is 5.92. The number of aromatic nitrogens is 1. The molecule has 4 rings (SSSR count). The number of likely N-dealkylation sites (tertiary alicyclic amines) is 1. The number of anilines is 2. The Morgan fingerprint density at radius 3 is 2.70 bits per heavy atom. The summed E-state index contributed by atoms with van der Waals surface area (Å²) in [7, 11) is 1.57. The van der Waals surface area contributed by atoms with E-state index < -0.39 is 5.41 Å². The number of amides is 2. The van der Waals surface area contributed by atoms with Gasteiger partial charge in [-0.1, -0.05) is 0 Å². The molecule has 3 aliphatic rings. The molecule has 1 atom stereocenters. The summed E-state index contributed by atoms with van der Waals surface area (Å²) in [6.07, 6.45) is 5.75. The van der Waals surface area contributed by atoms with Gasteiger partial charge < -0.3 is 25.0 Å². The molecular weight excluding hydrogens is 384 g/mol. The van der Waals surface area contributed by atoms with Crippen molar-refractivity contribution in [3.05, 3.63) is 12.1 Å². The van der Waals surface area contributed by atoms with E-state index in [0.717, 1.165) is 58.0 Å². The minimum absolute atomic E-state index is 0.155. The van der Waals surface area contributed by atoms with E-state index >= 15 is 0 Å². The fourth-order valence-corrected chi connectivity index (χ4v) is 5.33. The van der Waals surface area contributed by atoms with Gasteiger partial charge in [0.25, 0.3) is 0 Å². The second-order valence-electron chi connectivity index (χ2n) is 8.92. The predicted octanol–water partition coefficient (Wildman–Crippen LogP) is 2.17. The van der Waals surface area contributed by atoms with Crippen LogP contribution in [0.5, 0.6) is 5.88 Å². The number of aliphatic hydroxyl groups is 1. The molecule has 164 valence electrons. The van der Waals surface area contributed by atoms with Gasteiger partial charge in [-0.25, -0.2) is 0 Å². The number of rotatable bonds is 4. The summed E-state index contributed by atoms with van der Waals surface area (Å²) in [6.45, 7) is 3.66. The van der Waals surface area contributed by atoms with Gasteiger partial charge in [0.15, 0.2) is 5.82 Å². The minimum Gasteiger partial charge on any atom is -0.481 e. The van der Waals surface area contributed by atoms with Crippen LogP contribution in [0.1, 0.15) is 51.9 Å². The van der Waals surface area contributed by atoms with Gasteiger partial charge in [-0.05, 0) is 51.0 Å². The molecule has 0 aromatic carbocycles. The first-order valence-corrected chi connectivity index (χ1v) is 11.0. The highest BCUT2D eigenvalue weighted by Gasteiger charge is 2.51. The minimum atomic E-state index is -0.396. The first-order valence-electron chi connectivity index (χ1n) is 11.0. The highest BCUT2D eigenvalue weighted by atomic mass is 16.5. The maximum absolute atomic E-state index is 13.5. The van der Waals surface area contributed by atoms with Crippen LogP contribution in [0.15, 0.2) is 12.1 Å². The van der Waals surface area contributed by atoms with Crippen LogP contribution in [-0.2, 0) is 9.59 Å². The Balaban J connectivity index is 1.55. The zero-order valence-electron chi connectivity index (χ0n) is 17.9. The van der Waals surface area contributed by atoms with Crippen LogP contribution in [0.2, 0.25) is 0 Å². The standard InChI is InChI=1S/C22H32N4O4/c1-15(27)23-18-8-9-19(30-2)24-20(18)25-12-3-10-22(14-25)11-13-26(21(22)29)16-4-6-17(28)7-5-16/h8-9,16-17,28H,3-7,10-14H2,1-2H3,(H,23,27)/t16-,17-,22-/m1/s1. The monoisotopic (exact) mass is 416 g/mol. The molecule has 1 saturated carbocycles. The molecule has 1 spiro atoms. The molecule has 1 aromatic heterocycles. The van der Waals surface area contributed by atoms with Crippen LogP contribution >= 0.6 is 0 Å². The van der Waals surface area contributed by atoms with Gasteiger partial charge >= 0.3 is 0 Å². The van der Waals surface area contributed by atoms with E-state index in [2.05, 4.69) is 20.1 Å². The van der Waals surface area contributed by atoms with E-state index in [1.807, 2.05) is 0 Å². The van der Waals surface area contributed by atoms with Crippen molar-refractivity contribution in [1.29, 1.82) is 0 Å². The summed E-state index contributed by atoms with van der Waals surface area (Å²) in [4.78, 5) is 34.0. The van der Waals surface area contributed by atoms with Gasteiger partial charge in [0.1, 0.15) is 0 Å². The smallest absolute Gasteiger partial charge is 0.230 e. The second kappa shape index (κ2) is 8.41. The largest absolute Gasteiger partial charge is 0.481 e. The van der Waals surface area contributed by atoms with Crippen LogP contribution < -0.4 is 15.0 Å². The Kier molecular flexibility index (Phi) is 5.86. The highest BCUT2D eigenvalue weighted by Crippen LogP contribution is 2.44. The van der Waals surface area contributed by atoms with Gasteiger partial charge in [0.05, 0.1) is 24.3 Å². The molecule has 2 aliphatic heterocycles. The molecule has 30 heavy (non-hydrogen) atoms. The number of nitrogens with one attached hydrogen (secondary N) is 1. The van der Waals surface area contributed by atoms with Crippen LogP contribution in [0, 0.1) is 5.41 Å². The summed E-state index contributed by atoms with van der Waals surface area (Å²) < 4.78 is 5.30. The van der Waals surface area contributed by atoms with Crippen LogP contribution in [0.25, 0.3) is 0 Å². The van der Waals surface area contributed by atoms with Crippen molar-refractivity contribution in [3.63, 3.8) is 0 Å². The summed E-state index contributed by atoms with van der Waals surface area (Å²) in [5.41, 5.74) is 0.246. The third-order valence-electron chi connectivity index (χ3n) is 6.90. The number of carbonyl (C=O) groups is 2. The first kappa shape index (κ1) is 20.9. The third-order valence-corrected chi connectivity index (χ3v) is 6.90. The molecule has 2 N–H and O–H groups in total. The SMILES string of the molecule is COc1ccc(NC(C)=O)c(N2CCC[C@@]3(CCN([C@H]4CC[C@H](O)CC4)C3=O)C2)n1. The molecule has 8 heteroatoms. The maximum atomic E-state index is 13.5. The van der Waals surface area contributed by atoms with Gasteiger partial charge in [0, 0.05) is 38.7 Å². The van der Waals surface area contributed by atoms with E-state index in [-0.39, 0.29) is 24.0 Å². The number of nitrogens with zero attached hydrogens (tertiary/aromatic N) is 3. The Labute approximate surface area is 177 Å². The van der Waals surface area contributed by atoms with Crippen LogP contribution in [-0.4, -0.2) is 65.7 Å². The number of aliphatic hydroxyl groups excluding tert-OH is 1. The lowest BCUT2D eigenvalue weighted by Crippen LogP contribution is -2.50. The number of piperidine rings is 1. The average molecular weight is 417 g/mol. The van der Waals surface area contributed by atoms with E-state index in [0.29, 0.717) is 23.9 Å². The van der Waals surface area contributed by atoms with Crippen molar-refractivity contribution in [2.75, 3.05) is 37.0 Å². The number of hydrogen-bond donors (Lipinski definition) is 2. The zero-order chi connectivity index (χ0) is 21.3. The van der Waals surface area contributed by atoms with Gasteiger partial charge in [-0.3, -0.25) is 9.59 Å². The molecule has 8 nitrogen and oxygen atoms in total. The van der Waals surface area contributed by atoms with Gasteiger partial charge in [-0.15, -0.1) is 0 Å². The predicted molar refractivity (Wildman–Crippen MR) is 114 cm³/mol. The number of methoxy groups -OCH3 is 1. The fraction of sp³-hybridized carbons (Fsp3) is 0.682. The summed E-state index contributed by atoms with van der Waals surface area (Å²) in [5.74, 6) is 1.24. The molecule has 0 radical (unpaired) electrons. The van der Waals surface area contributed by atoms with E-state index in [4.69, 9.17) is 4.74 Å². The van der Waals surface area contributed by atoms with E-state index in [1.54, 1.807) is 19.2 Å². The fourth-order valence-electron chi connectivity index (χ4n) is 5.33. The van der Waals surface area contributed by atoms with E-state index in [9.17, 15) is 14.7 Å².